The summed E-state index contributed by atoms with van der Waals surface area (Å²) < 4.78 is 5.60. The van der Waals surface area contributed by atoms with E-state index in [-0.39, 0.29) is 5.69 Å². The van der Waals surface area contributed by atoms with E-state index in [1.807, 2.05) is 0 Å². The van der Waals surface area contributed by atoms with Crippen LogP contribution < -0.4 is 16.0 Å². The molecular weight excluding hydrogens is 260 g/mol. The Labute approximate surface area is 117 Å². The normalized spacial score (nSPS) is 15.8. The molecule has 0 radical (unpaired) electrons. The van der Waals surface area contributed by atoms with E-state index in [0.29, 0.717) is 18.0 Å². The molecular formula is C13H20N4O3. The summed E-state index contributed by atoms with van der Waals surface area (Å²) in [5.41, 5.74) is 2.84. The van der Waals surface area contributed by atoms with Crippen molar-refractivity contribution in [1.82, 2.24) is 4.90 Å². The number of nitrogen functional groups attached to an aromatic ring is 1. The predicted molar refractivity (Wildman–Crippen MR) is 76.7 cm³/mol. The number of ether oxygens (including phenoxy) is 1. The van der Waals surface area contributed by atoms with Gasteiger partial charge in [0.25, 0.3) is 5.69 Å². The van der Waals surface area contributed by atoms with Crippen LogP contribution in [0.3, 0.4) is 0 Å². The van der Waals surface area contributed by atoms with E-state index < -0.39 is 4.92 Å². The number of nitrogens with one attached hydrogen (secondary N) is 1. The van der Waals surface area contributed by atoms with Crippen molar-refractivity contribution in [3.8, 4) is 5.75 Å². The number of nitrogens with two attached hydrogens (primary N) is 1. The smallest absolute Gasteiger partial charge is 0.275 e. The van der Waals surface area contributed by atoms with Crippen molar-refractivity contribution in [3.63, 3.8) is 0 Å². The number of piperidine rings is 1. The molecule has 0 saturated carbocycles. The molecule has 0 amide bonds. The van der Waals surface area contributed by atoms with Gasteiger partial charge in [-0.3, -0.25) is 20.9 Å². The number of rotatable bonds is 6. The molecule has 3 N–H and O–H groups in total. The number of nitrogens with zero attached hydrogens (tertiary/aromatic N) is 2. The minimum absolute atomic E-state index is 0.0339. The van der Waals surface area contributed by atoms with Gasteiger partial charge in [-0.15, -0.1) is 0 Å². The van der Waals surface area contributed by atoms with Gasteiger partial charge in [0.05, 0.1) is 16.7 Å². The quantitative estimate of drug-likeness (QED) is 0.468. The number of non-ortho nitro benzene ring substituents is 1. The van der Waals surface area contributed by atoms with Gasteiger partial charge in [-0.2, -0.15) is 0 Å². The van der Waals surface area contributed by atoms with Gasteiger partial charge < -0.3 is 10.2 Å². The van der Waals surface area contributed by atoms with Crippen LogP contribution in [-0.2, 0) is 0 Å². The number of anilines is 1. The largest absolute Gasteiger partial charge is 0.492 e. The number of hydrazine groups is 1. The van der Waals surface area contributed by atoms with Gasteiger partial charge in [0.2, 0.25) is 0 Å². The lowest BCUT2D eigenvalue weighted by atomic mass is 10.1. The fraction of sp³-hybridized carbons (Fsp3) is 0.538. The van der Waals surface area contributed by atoms with E-state index in [4.69, 9.17) is 10.6 Å². The van der Waals surface area contributed by atoms with Crippen molar-refractivity contribution in [1.29, 1.82) is 0 Å². The molecule has 1 aliphatic heterocycles. The van der Waals surface area contributed by atoms with Crippen molar-refractivity contribution in [3.05, 3.63) is 28.3 Å². The topological polar surface area (TPSA) is 93.7 Å². The summed E-state index contributed by atoms with van der Waals surface area (Å²) in [6.45, 7) is 3.57. The van der Waals surface area contributed by atoms with Crippen LogP contribution >= 0.6 is 0 Å². The zero-order valence-corrected chi connectivity index (χ0v) is 11.4. The van der Waals surface area contributed by atoms with Gasteiger partial charge in [-0.25, -0.2) is 0 Å². The molecule has 1 fully saturated rings. The molecule has 0 unspecified atom stereocenters. The van der Waals surface area contributed by atoms with Crippen LogP contribution in [0.1, 0.15) is 19.3 Å². The third-order valence-electron chi connectivity index (χ3n) is 3.39. The lowest BCUT2D eigenvalue weighted by Gasteiger charge is -2.26. The molecule has 7 heteroatoms. The lowest BCUT2D eigenvalue weighted by Crippen LogP contribution is -2.33. The van der Waals surface area contributed by atoms with E-state index in [1.54, 1.807) is 6.07 Å². The second-order valence-corrected chi connectivity index (χ2v) is 4.87. The molecule has 110 valence electrons. The first-order chi connectivity index (χ1) is 9.69. The van der Waals surface area contributed by atoms with Gasteiger partial charge in [-0.1, -0.05) is 6.42 Å². The standard InChI is InChI=1S/C13H20N4O3/c14-15-11-8-12(17(18)19)10-13(9-11)20-7-6-16-4-2-1-3-5-16/h8-10,15H,1-7,14H2. The molecule has 0 bridgehead atoms. The van der Waals surface area contributed by atoms with Crippen molar-refractivity contribution in [2.75, 3.05) is 31.7 Å². The lowest BCUT2D eigenvalue weighted by molar-refractivity contribution is -0.384. The van der Waals surface area contributed by atoms with Crippen LogP contribution in [0, 0.1) is 10.1 Å². The average molecular weight is 280 g/mol. The molecule has 7 nitrogen and oxygen atoms in total. The number of nitro benzene ring substituents is 1. The van der Waals surface area contributed by atoms with E-state index in [1.165, 1.54) is 31.4 Å². The maximum atomic E-state index is 10.8. The van der Waals surface area contributed by atoms with E-state index in [9.17, 15) is 10.1 Å². The molecule has 1 aliphatic rings. The number of hydrogen-bond acceptors (Lipinski definition) is 6. The van der Waals surface area contributed by atoms with Crippen molar-refractivity contribution in [2.45, 2.75) is 19.3 Å². The first kappa shape index (κ1) is 14.5. The Morgan fingerprint density at radius 2 is 2.05 bits per heavy atom. The Bertz CT molecular complexity index is 461. The average Bonchev–Trinajstić information content (AvgIpc) is 2.48. The van der Waals surface area contributed by atoms with Crippen LogP contribution in [0.2, 0.25) is 0 Å². The maximum Gasteiger partial charge on any atom is 0.275 e. The second kappa shape index (κ2) is 7.06. The van der Waals surface area contributed by atoms with Gasteiger partial charge in [-0.05, 0) is 25.9 Å². The van der Waals surface area contributed by atoms with Gasteiger partial charge >= 0.3 is 0 Å². The summed E-state index contributed by atoms with van der Waals surface area (Å²) in [6.07, 6.45) is 3.77. The molecule has 0 atom stereocenters. The molecule has 0 aliphatic carbocycles. The highest BCUT2D eigenvalue weighted by Gasteiger charge is 2.12. The summed E-state index contributed by atoms with van der Waals surface area (Å²) in [5.74, 6) is 5.76. The predicted octanol–water partition coefficient (Wildman–Crippen LogP) is 1.75. The number of benzene rings is 1. The fourth-order valence-corrected chi connectivity index (χ4v) is 2.33. The monoisotopic (exact) mass is 280 g/mol. The van der Waals surface area contributed by atoms with Crippen LogP contribution in [0.4, 0.5) is 11.4 Å². The zero-order valence-electron chi connectivity index (χ0n) is 11.4. The maximum absolute atomic E-state index is 10.8. The van der Waals surface area contributed by atoms with Gasteiger partial charge in [0.15, 0.2) is 0 Å². The van der Waals surface area contributed by atoms with Crippen molar-refractivity contribution in [2.24, 2.45) is 5.84 Å². The minimum atomic E-state index is -0.460. The number of likely N-dealkylation sites (tertiary alicyclic amines) is 1. The molecule has 0 spiro atoms. The minimum Gasteiger partial charge on any atom is -0.492 e. The highest BCUT2D eigenvalue weighted by molar-refractivity contribution is 5.55. The van der Waals surface area contributed by atoms with Crippen molar-refractivity contribution < 1.29 is 9.66 Å². The first-order valence-corrected chi connectivity index (χ1v) is 6.80. The highest BCUT2D eigenvalue weighted by Crippen LogP contribution is 2.25. The summed E-state index contributed by atoms with van der Waals surface area (Å²) >= 11 is 0. The van der Waals surface area contributed by atoms with Gasteiger partial charge in [0.1, 0.15) is 12.4 Å². The summed E-state index contributed by atoms with van der Waals surface area (Å²) in [6, 6.07) is 4.44. The Morgan fingerprint density at radius 3 is 2.70 bits per heavy atom. The van der Waals surface area contributed by atoms with E-state index >= 15 is 0 Å². The molecule has 1 aromatic carbocycles. The van der Waals surface area contributed by atoms with E-state index in [2.05, 4.69) is 10.3 Å². The Balaban J connectivity index is 1.91. The molecule has 2 rings (SSSR count). The number of nitro groups is 1. The molecule has 20 heavy (non-hydrogen) atoms. The Kier molecular flexibility index (Phi) is 5.14. The van der Waals surface area contributed by atoms with Crippen LogP contribution in [0.25, 0.3) is 0 Å². The summed E-state index contributed by atoms with van der Waals surface area (Å²) in [7, 11) is 0. The Morgan fingerprint density at radius 1 is 1.30 bits per heavy atom. The summed E-state index contributed by atoms with van der Waals surface area (Å²) in [4.78, 5) is 12.7. The highest BCUT2D eigenvalue weighted by atomic mass is 16.6. The van der Waals surface area contributed by atoms with Gasteiger partial charge in [0, 0.05) is 18.7 Å². The third-order valence-corrected chi connectivity index (χ3v) is 3.39. The number of hydrogen-bond donors (Lipinski definition) is 2. The fourth-order valence-electron chi connectivity index (χ4n) is 2.33. The second-order valence-electron chi connectivity index (χ2n) is 4.87. The SMILES string of the molecule is NNc1cc(OCCN2CCCCC2)cc([N+](=O)[O-])c1. The third kappa shape index (κ3) is 4.07. The first-order valence-electron chi connectivity index (χ1n) is 6.80. The molecule has 1 saturated heterocycles. The van der Waals surface area contributed by atoms with Crippen LogP contribution in [-0.4, -0.2) is 36.1 Å². The van der Waals surface area contributed by atoms with Crippen LogP contribution in [0.5, 0.6) is 5.75 Å². The zero-order chi connectivity index (χ0) is 14.4. The Hall–Kier alpha value is -1.86. The van der Waals surface area contributed by atoms with Crippen molar-refractivity contribution >= 4 is 11.4 Å². The molecule has 0 aromatic heterocycles. The summed E-state index contributed by atoms with van der Waals surface area (Å²) in [5, 5.41) is 10.8. The molecule has 1 aromatic rings. The van der Waals surface area contributed by atoms with E-state index in [0.717, 1.165) is 19.6 Å². The van der Waals surface area contributed by atoms with Crippen LogP contribution in [0.15, 0.2) is 18.2 Å². The molecule has 1 heterocycles.